The van der Waals surface area contributed by atoms with Gasteiger partial charge in [0.2, 0.25) is 0 Å². The summed E-state index contributed by atoms with van der Waals surface area (Å²) in [6.07, 6.45) is 5.39. The molecule has 1 heteroatoms. The molecular formula is C45H39N. The Hall–Kier alpha value is -5.53. The number of hydrogen-bond acceptors (Lipinski definition) is 1. The van der Waals surface area contributed by atoms with Gasteiger partial charge in [-0.15, -0.1) is 0 Å². The van der Waals surface area contributed by atoms with Crippen LogP contribution in [0.1, 0.15) is 51.4 Å². The van der Waals surface area contributed by atoms with Gasteiger partial charge in [-0.25, -0.2) is 0 Å². The summed E-state index contributed by atoms with van der Waals surface area (Å²) in [6.45, 7) is 4.38. The average Bonchev–Trinajstić information content (AvgIpc) is 3.11. The van der Waals surface area contributed by atoms with Crippen LogP contribution in [0.3, 0.4) is 0 Å². The van der Waals surface area contributed by atoms with Crippen molar-refractivity contribution < 1.29 is 0 Å². The van der Waals surface area contributed by atoms with Crippen molar-refractivity contribution in [1.29, 1.82) is 0 Å². The molecule has 0 bridgehead atoms. The van der Waals surface area contributed by atoms with E-state index in [2.05, 4.69) is 183 Å². The van der Waals surface area contributed by atoms with Crippen molar-refractivity contribution in [3.63, 3.8) is 0 Å². The van der Waals surface area contributed by atoms with Crippen LogP contribution >= 0.6 is 0 Å². The van der Waals surface area contributed by atoms with E-state index in [4.69, 9.17) is 0 Å². The van der Waals surface area contributed by atoms with Gasteiger partial charge in [-0.05, 0) is 87.6 Å². The van der Waals surface area contributed by atoms with Crippen molar-refractivity contribution in [2.45, 2.75) is 20.3 Å². The predicted octanol–water partition coefficient (Wildman–Crippen LogP) is 11.4. The molecular weight excluding hydrogens is 555 g/mol. The van der Waals surface area contributed by atoms with Gasteiger partial charge in [0.25, 0.3) is 0 Å². The normalized spacial score (nSPS) is 12.3. The highest BCUT2D eigenvalue weighted by Crippen LogP contribution is 2.30. The van der Waals surface area contributed by atoms with Crippen molar-refractivity contribution in [2.75, 3.05) is 7.05 Å². The monoisotopic (exact) mass is 593 g/mol. The Labute approximate surface area is 274 Å². The Kier molecular flexibility index (Phi) is 9.61. The second-order valence-electron chi connectivity index (χ2n) is 11.8. The lowest BCUT2D eigenvalue weighted by Gasteiger charge is -2.13. The number of aryl methyl sites for hydroxylation is 1. The summed E-state index contributed by atoms with van der Waals surface area (Å²) in [5, 5.41) is 0. The fourth-order valence-corrected chi connectivity index (χ4v) is 6.02. The van der Waals surface area contributed by atoms with E-state index < -0.39 is 0 Å². The summed E-state index contributed by atoms with van der Waals surface area (Å²) in [5.41, 5.74) is 15.7. The molecule has 224 valence electrons. The van der Waals surface area contributed by atoms with Crippen molar-refractivity contribution in [3.05, 3.63) is 208 Å². The number of allylic oxidation sites excluding steroid dienone is 2. The SMILES string of the molecule is CN=C(/C=C(/c1ccccc1)c1ccc(-c2cc(C)cc(Cc3ccccc3/C=C(\C)c3ccccc3)c2)cc1)c1ccccc1. The minimum Gasteiger partial charge on any atom is -0.288 e. The van der Waals surface area contributed by atoms with E-state index in [9.17, 15) is 0 Å². The molecule has 46 heavy (non-hydrogen) atoms. The van der Waals surface area contributed by atoms with Crippen LogP contribution in [0.2, 0.25) is 0 Å². The minimum atomic E-state index is 0.876. The highest BCUT2D eigenvalue weighted by Gasteiger charge is 2.11. The molecule has 0 unspecified atom stereocenters. The zero-order valence-corrected chi connectivity index (χ0v) is 26.8. The van der Waals surface area contributed by atoms with Crippen LogP contribution in [-0.2, 0) is 6.42 Å². The Bertz CT molecular complexity index is 2000. The molecule has 0 atom stereocenters. The first-order valence-corrected chi connectivity index (χ1v) is 15.9. The van der Waals surface area contributed by atoms with Gasteiger partial charge in [0.15, 0.2) is 0 Å². The molecule has 0 aliphatic heterocycles. The van der Waals surface area contributed by atoms with Gasteiger partial charge in [-0.1, -0.05) is 169 Å². The molecule has 0 aliphatic carbocycles. The van der Waals surface area contributed by atoms with Crippen LogP contribution in [-0.4, -0.2) is 12.8 Å². The first kappa shape index (κ1) is 30.5. The molecule has 0 saturated heterocycles. The summed E-state index contributed by atoms with van der Waals surface area (Å²) < 4.78 is 0. The summed E-state index contributed by atoms with van der Waals surface area (Å²) in [4.78, 5) is 4.64. The standard InChI is InChI=1S/C45H39N/c1-33-27-35(30-42-22-14-13-21-41(42)29-34(2)36-15-7-4-8-16-36)31-43(28-33)37-23-25-39(26-24-37)44(38-17-9-5-10-18-38)32-45(46-3)40-19-11-6-12-20-40/h4-29,31-32H,30H2,1-3H3/b34-29+,44-32-,46-45?. The fraction of sp³-hybridized carbons (Fsp3) is 0.0889. The summed E-state index contributed by atoms with van der Waals surface area (Å²) in [7, 11) is 1.86. The van der Waals surface area contributed by atoms with Gasteiger partial charge in [-0.2, -0.15) is 0 Å². The van der Waals surface area contributed by atoms with E-state index in [1.54, 1.807) is 0 Å². The quantitative estimate of drug-likeness (QED) is 0.117. The van der Waals surface area contributed by atoms with E-state index in [1.807, 2.05) is 13.1 Å². The van der Waals surface area contributed by atoms with Gasteiger partial charge in [0.1, 0.15) is 0 Å². The Morgan fingerprint density at radius 2 is 1.13 bits per heavy atom. The van der Waals surface area contributed by atoms with Crippen molar-refractivity contribution in [1.82, 2.24) is 0 Å². The molecule has 6 aromatic rings. The summed E-state index contributed by atoms with van der Waals surface area (Å²) >= 11 is 0. The zero-order chi connectivity index (χ0) is 31.7. The van der Waals surface area contributed by atoms with Gasteiger partial charge >= 0.3 is 0 Å². The second kappa shape index (κ2) is 14.5. The van der Waals surface area contributed by atoms with E-state index in [0.29, 0.717) is 0 Å². The molecule has 0 aliphatic rings. The maximum absolute atomic E-state index is 4.64. The molecule has 6 aromatic carbocycles. The third-order valence-corrected chi connectivity index (χ3v) is 8.39. The van der Waals surface area contributed by atoms with E-state index >= 15 is 0 Å². The minimum absolute atomic E-state index is 0.876. The number of nitrogens with zero attached hydrogens (tertiary/aromatic N) is 1. The van der Waals surface area contributed by atoms with Crippen LogP contribution < -0.4 is 0 Å². The maximum atomic E-state index is 4.64. The first-order valence-electron chi connectivity index (χ1n) is 15.9. The fourth-order valence-electron chi connectivity index (χ4n) is 6.02. The third-order valence-electron chi connectivity index (χ3n) is 8.39. The molecule has 6 rings (SSSR count). The molecule has 0 N–H and O–H groups in total. The molecule has 1 nitrogen and oxygen atoms in total. The smallest absolute Gasteiger partial charge is 0.0649 e. The van der Waals surface area contributed by atoms with E-state index in [0.717, 1.165) is 28.8 Å². The topological polar surface area (TPSA) is 12.4 Å². The van der Waals surface area contributed by atoms with Crippen LogP contribution in [0.4, 0.5) is 0 Å². The lowest BCUT2D eigenvalue weighted by atomic mass is 9.91. The Morgan fingerprint density at radius 3 is 1.78 bits per heavy atom. The number of benzene rings is 6. The van der Waals surface area contributed by atoms with Crippen LogP contribution in [0.5, 0.6) is 0 Å². The summed E-state index contributed by atoms with van der Waals surface area (Å²) in [6, 6.07) is 56.2. The second-order valence-corrected chi connectivity index (χ2v) is 11.8. The molecule has 0 saturated carbocycles. The van der Waals surface area contributed by atoms with Crippen molar-refractivity contribution in [2.24, 2.45) is 4.99 Å². The highest BCUT2D eigenvalue weighted by molar-refractivity contribution is 6.13. The van der Waals surface area contributed by atoms with Gasteiger partial charge < -0.3 is 0 Å². The predicted molar refractivity (Wildman–Crippen MR) is 198 cm³/mol. The van der Waals surface area contributed by atoms with Gasteiger partial charge in [0, 0.05) is 7.05 Å². The van der Waals surface area contributed by atoms with Crippen molar-refractivity contribution >= 4 is 22.9 Å². The lowest BCUT2D eigenvalue weighted by Crippen LogP contribution is -1.99. The number of aliphatic imine (C=N–C) groups is 1. The third kappa shape index (κ3) is 7.39. The van der Waals surface area contributed by atoms with E-state index in [-0.39, 0.29) is 0 Å². The maximum Gasteiger partial charge on any atom is 0.0649 e. The molecule has 0 radical (unpaired) electrons. The molecule has 0 spiro atoms. The highest BCUT2D eigenvalue weighted by atomic mass is 14.7. The molecule has 0 heterocycles. The van der Waals surface area contributed by atoms with Crippen LogP contribution in [0.15, 0.2) is 169 Å². The van der Waals surface area contributed by atoms with Crippen LogP contribution in [0, 0.1) is 6.92 Å². The lowest BCUT2D eigenvalue weighted by molar-refractivity contribution is 1.17. The van der Waals surface area contributed by atoms with Crippen molar-refractivity contribution in [3.8, 4) is 11.1 Å². The number of hydrogen-bond donors (Lipinski definition) is 0. The first-order chi connectivity index (χ1) is 22.6. The Morgan fingerprint density at radius 1 is 0.565 bits per heavy atom. The Balaban J connectivity index is 1.30. The number of rotatable bonds is 9. The summed E-state index contributed by atoms with van der Waals surface area (Å²) in [5.74, 6) is 0. The zero-order valence-electron chi connectivity index (χ0n) is 26.8. The molecule has 0 aromatic heterocycles. The van der Waals surface area contributed by atoms with Crippen LogP contribution in [0.25, 0.3) is 28.3 Å². The van der Waals surface area contributed by atoms with Gasteiger partial charge in [-0.3, -0.25) is 4.99 Å². The van der Waals surface area contributed by atoms with Gasteiger partial charge in [0.05, 0.1) is 5.71 Å². The average molecular weight is 594 g/mol. The largest absolute Gasteiger partial charge is 0.288 e. The van der Waals surface area contributed by atoms with E-state index in [1.165, 1.54) is 50.1 Å². The molecule has 0 amide bonds. The molecule has 0 fully saturated rings.